The zero-order valence-electron chi connectivity index (χ0n) is 17.1. The molecule has 166 valence electrons. The van der Waals surface area contributed by atoms with Gasteiger partial charge in [0.2, 0.25) is 5.91 Å². The van der Waals surface area contributed by atoms with Gasteiger partial charge in [-0.25, -0.2) is 0 Å². The lowest BCUT2D eigenvalue weighted by Gasteiger charge is -2.18. The molecule has 1 aromatic heterocycles. The van der Waals surface area contributed by atoms with Crippen LogP contribution in [0.15, 0.2) is 86.4 Å². The van der Waals surface area contributed by atoms with E-state index in [0.29, 0.717) is 27.9 Å². The van der Waals surface area contributed by atoms with Crippen LogP contribution in [0.3, 0.4) is 0 Å². The highest BCUT2D eigenvalue weighted by Gasteiger charge is 2.40. The number of anilines is 1. The zero-order chi connectivity index (χ0) is 23.4. The van der Waals surface area contributed by atoms with Crippen LogP contribution in [0.1, 0.15) is 11.3 Å². The van der Waals surface area contributed by atoms with Gasteiger partial charge in [-0.3, -0.25) is 14.5 Å². The average molecular weight is 543 g/mol. The lowest BCUT2D eigenvalue weighted by Crippen LogP contribution is -2.32. The highest BCUT2D eigenvalue weighted by Crippen LogP contribution is 2.42. The van der Waals surface area contributed by atoms with Gasteiger partial charge >= 0.3 is 0 Å². The largest absolute Gasteiger partial charge is 0.467 e. The van der Waals surface area contributed by atoms with Crippen LogP contribution in [0.4, 0.5) is 5.69 Å². The topological polar surface area (TPSA) is 86.3 Å². The first kappa shape index (κ1) is 23.2. The maximum absolute atomic E-state index is 13.4. The molecule has 0 saturated carbocycles. The first-order chi connectivity index (χ1) is 16.0. The number of nitriles is 1. The number of halogens is 2. The Morgan fingerprint density at radius 3 is 2.67 bits per heavy atom. The summed E-state index contributed by atoms with van der Waals surface area (Å²) in [5.74, 6) is -0.219. The molecule has 0 radical (unpaired) electrons. The van der Waals surface area contributed by atoms with E-state index in [1.807, 2.05) is 24.3 Å². The van der Waals surface area contributed by atoms with E-state index in [0.717, 1.165) is 10.0 Å². The summed E-state index contributed by atoms with van der Waals surface area (Å²) in [5, 5.41) is 12.9. The average Bonchev–Trinajstić information content (AvgIpc) is 3.42. The van der Waals surface area contributed by atoms with E-state index in [-0.39, 0.29) is 18.0 Å². The Labute approximate surface area is 208 Å². The lowest BCUT2D eigenvalue weighted by molar-refractivity contribution is -0.117. The fourth-order valence-corrected chi connectivity index (χ4v) is 5.14. The molecule has 2 amide bonds. The van der Waals surface area contributed by atoms with Crippen molar-refractivity contribution in [1.82, 2.24) is 5.32 Å². The van der Waals surface area contributed by atoms with Crippen LogP contribution in [0.2, 0.25) is 5.02 Å². The molecule has 1 atom stereocenters. The van der Waals surface area contributed by atoms with Gasteiger partial charge in [-0.2, -0.15) is 5.26 Å². The second kappa shape index (κ2) is 10.3. The third kappa shape index (κ3) is 5.33. The number of hydrogen-bond acceptors (Lipinski definition) is 5. The minimum absolute atomic E-state index is 0.128. The molecule has 9 heteroatoms. The summed E-state index contributed by atoms with van der Waals surface area (Å²) < 4.78 is 6.09. The normalized spacial score (nSPS) is 17.1. The van der Waals surface area contributed by atoms with Gasteiger partial charge in [-0.05, 0) is 60.5 Å². The summed E-state index contributed by atoms with van der Waals surface area (Å²) in [4.78, 5) is 27.8. The summed E-state index contributed by atoms with van der Waals surface area (Å²) in [6, 6.07) is 19.9. The molecular weight excluding hydrogens is 526 g/mol. The predicted molar refractivity (Wildman–Crippen MR) is 131 cm³/mol. The summed E-state index contributed by atoms with van der Waals surface area (Å²) in [6.07, 6.45) is 1.92. The second-order valence-electron chi connectivity index (χ2n) is 7.14. The van der Waals surface area contributed by atoms with E-state index in [4.69, 9.17) is 16.0 Å². The van der Waals surface area contributed by atoms with Crippen LogP contribution < -0.4 is 10.2 Å². The molecule has 33 heavy (non-hydrogen) atoms. The highest BCUT2D eigenvalue weighted by atomic mass is 79.9. The number of nitrogens with zero attached hydrogens (tertiary/aromatic N) is 2. The van der Waals surface area contributed by atoms with E-state index in [1.165, 1.54) is 22.9 Å². The van der Waals surface area contributed by atoms with E-state index in [9.17, 15) is 14.9 Å². The molecule has 3 aromatic rings. The van der Waals surface area contributed by atoms with Crippen LogP contribution in [0.25, 0.3) is 0 Å². The fraction of sp³-hybridized carbons (Fsp3) is 0.125. The van der Waals surface area contributed by atoms with Crippen molar-refractivity contribution >= 4 is 56.8 Å². The molecule has 0 bridgehead atoms. The number of hydrogen-bond donors (Lipinski definition) is 1. The Kier molecular flexibility index (Phi) is 7.23. The molecule has 1 aliphatic rings. The molecule has 1 saturated heterocycles. The van der Waals surface area contributed by atoms with Crippen molar-refractivity contribution in [2.45, 2.75) is 18.2 Å². The van der Waals surface area contributed by atoms with Crippen molar-refractivity contribution in [3.05, 3.63) is 98.3 Å². The van der Waals surface area contributed by atoms with Crippen LogP contribution in [-0.2, 0) is 22.6 Å². The summed E-state index contributed by atoms with van der Waals surface area (Å²) in [7, 11) is 0. The minimum atomic E-state index is -0.574. The number of carbonyl (C=O) groups excluding carboxylic acids is 2. The third-order valence-corrected chi connectivity index (χ3v) is 6.93. The van der Waals surface area contributed by atoms with E-state index < -0.39 is 11.2 Å². The summed E-state index contributed by atoms with van der Waals surface area (Å²) in [6.45, 7) is 0.132. The summed E-state index contributed by atoms with van der Waals surface area (Å²) in [5.41, 5.74) is 1.34. The molecule has 1 unspecified atom stereocenters. The first-order valence-electron chi connectivity index (χ1n) is 9.92. The molecule has 1 aliphatic heterocycles. The Morgan fingerprint density at radius 1 is 1.21 bits per heavy atom. The number of rotatable bonds is 6. The Balaban J connectivity index is 1.68. The Morgan fingerprint density at radius 2 is 2.00 bits per heavy atom. The maximum atomic E-state index is 13.4. The number of carbonyl (C=O) groups is 2. The Bertz CT molecular complexity index is 1250. The monoisotopic (exact) mass is 541 g/mol. The molecule has 1 fully saturated rings. The van der Waals surface area contributed by atoms with Gasteiger partial charge in [0.05, 0.1) is 18.1 Å². The number of amides is 2. The number of thioether (sulfide) groups is 1. The van der Waals surface area contributed by atoms with Gasteiger partial charge in [0.15, 0.2) is 0 Å². The quantitative estimate of drug-likeness (QED) is 0.331. The van der Waals surface area contributed by atoms with Gasteiger partial charge < -0.3 is 9.73 Å². The SMILES string of the molecule is N#CC(C(=O)NCc1ccco1)=C1SC(Cc2cccc(Cl)c2)C(=O)N1c1ccc(Br)cc1. The van der Waals surface area contributed by atoms with Crippen molar-refractivity contribution in [2.75, 3.05) is 4.90 Å². The standard InChI is InChI=1S/C24H17BrClN3O3S/c25-16-6-8-18(9-7-16)29-23(31)21(12-15-3-1-4-17(26)11-15)33-24(29)20(13-27)22(30)28-14-19-5-2-10-32-19/h1-11,21H,12,14H2,(H,28,30). The van der Waals surface area contributed by atoms with Crippen molar-refractivity contribution in [3.63, 3.8) is 0 Å². The minimum Gasteiger partial charge on any atom is -0.467 e. The highest BCUT2D eigenvalue weighted by molar-refractivity contribution is 9.10. The van der Waals surface area contributed by atoms with Crippen molar-refractivity contribution in [3.8, 4) is 6.07 Å². The van der Waals surface area contributed by atoms with Crippen molar-refractivity contribution in [2.24, 2.45) is 0 Å². The third-order valence-electron chi connectivity index (χ3n) is 4.90. The van der Waals surface area contributed by atoms with Crippen LogP contribution in [0, 0.1) is 11.3 Å². The van der Waals surface area contributed by atoms with E-state index >= 15 is 0 Å². The molecule has 0 spiro atoms. The van der Waals surface area contributed by atoms with E-state index in [1.54, 1.807) is 42.5 Å². The van der Waals surface area contributed by atoms with Crippen LogP contribution in [0.5, 0.6) is 0 Å². The van der Waals surface area contributed by atoms with Gasteiger partial charge in [-0.1, -0.05) is 51.4 Å². The van der Waals surface area contributed by atoms with Gasteiger partial charge in [0.25, 0.3) is 5.91 Å². The molecular formula is C24H17BrClN3O3S. The predicted octanol–water partition coefficient (Wildman–Crippen LogP) is 5.44. The molecule has 4 rings (SSSR count). The van der Waals surface area contributed by atoms with Crippen molar-refractivity contribution in [1.29, 1.82) is 5.26 Å². The number of furan rings is 1. The smallest absolute Gasteiger partial charge is 0.265 e. The van der Waals surface area contributed by atoms with Crippen molar-refractivity contribution < 1.29 is 14.0 Å². The van der Waals surface area contributed by atoms with Gasteiger partial charge in [-0.15, -0.1) is 0 Å². The molecule has 0 aliphatic carbocycles. The molecule has 1 N–H and O–H groups in total. The summed E-state index contributed by atoms with van der Waals surface area (Å²) >= 11 is 10.7. The molecule has 2 heterocycles. The second-order valence-corrected chi connectivity index (χ2v) is 9.69. The maximum Gasteiger partial charge on any atom is 0.265 e. The zero-order valence-corrected chi connectivity index (χ0v) is 20.3. The van der Waals surface area contributed by atoms with Crippen LogP contribution >= 0.6 is 39.3 Å². The Hall–Kier alpha value is -2.99. The number of nitrogens with one attached hydrogen (secondary N) is 1. The van der Waals surface area contributed by atoms with Gasteiger partial charge in [0, 0.05) is 15.2 Å². The number of benzene rings is 2. The molecule has 2 aromatic carbocycles. The van der Waals surface area contributed by atoms with Crippen LogP contribution in [-0.4, -0.2) is 17.1 Å². The lowest BCUT2D eigenvalue weighted by atomic mass is 10.1. The van der Waals surface area contributed by atoms with Gasteiger partial charge in [0.1, 0.15) is 22.4 Å². The fourth-order valence-electron chi connectivity index (χ4n) is 3.36. The van der Waals surface area contributed by atoms with E-state index in [2.05, 4.69) is 21.2 Å². The first-order valence-corrected chi connectivity index (χ1v) is 12.0. The molecule has 6 nitrogen and oxygen atoms in total.